The first-order valence-corrected chi connectivity index (χ1v) is 17.7. The molecule has 0 radical (unpaired) electrons. The summed E-state index contributed by atoms with van der Waals surface area (Å²) in [5.74, 6) is 2.65. The van der Waals surface area contributed by atoms with Gasteiger partial charge in [0.25, 0.3) is 11.8 Å². The summed E-state index contributed by atoms with van der Waals surface area (Å²) in [6.07, 6.45) is 11.2. The summed E-state index contributed by atoms with van der Waals surface area (Å²) in [6.45, 7) is 0.909. The van der Waals surface area contributed by atoms with Crippen molar-refractivity contribution in [2.45, 2.75) is 31.3 Å². The topological polar surface area (TPSA) is 170 Å². The van der Waals surface area contributed by atoms with E-state index in [4.69, 9.17) is 38.5 Å². The van der Waals surface area contributed by atoms with Crippen molar-refractivity contribution in [3.63, 3.8) is 0 Å². The van der Waals surface area contributed by atoms with Crippen LogP contribution in [0.5, 0.6) is 34.5 Å². The van der Waals surface area contributed by atoms with Crippen molar-refractivity contribution in [1.29, 1.82) is 0 Å². The number of hydrogen-bond donors (Lipinski definition) is 2. The zero-order chi connectivity index (χ0) is 38.1. The number of amides is 3. The predicted octanol–water partition coefficient (Wildman–Crippen LogP) is 5.89. The van der Waals surface area contributed by atoms with Crippen LogP contribution in [0.3, 0.4) is 0 Å². The van der Waals surface area contributed by atoms with Crippen LogP contribution in [0, 0.1) is 0 Å². The smallest absolute Gasteiger partial charge is 0.404 e. The number of allylic oxidation sites excluding steroid dienone is 1. The van der Waals surface area contributed by atoms with Crippen molar-refractivity contribution < 1.29 is 47.9 Å². The van der Waals surface area contributed by atoms with E-state index in [0.29, 0.717) is 76.3 Å². The van der Waals surface area contributed by atoms with E-state index in [1.54, 1.807) is 64.8 Å². The Hall–Kier alpha value is -6.77. The third kappa shape index (κ3) is 7.03. The second-order valence-corrected chi connectivity index (χ2v) is 13.1. The van der Waals surface area contributed by atoms with Crippen molar-refractivity contribution in [3.05, 3.63) is 89.3 Å². The number of methoxy groups -OCH3 is 2. The lowest BCUT2D eigenvalue weighted by molar-refractivity contribution is 0.0809. The van der Waals surface area contributed by atoms with Crippen molar-refractivity contribution in [2.75, 3.05) is 40.8 Å². The fourth-order valence-corrected chi connectivity index (χ4v) is 6.96. The van der Waals surface area contributed by atoms with Crippen LogP contribution in [-0.2, 0) is 0 Å². The van der Waals surface area contributed by atoms with Gasteiger partial charge in [0.05, 0.1) is 62.0 Å². The van der Waals surface area contributed by atoms with Gasteiger partial charge in [-0.2, -0.15) is 0 Å². The molecule has 5 aliphatic heterocycles. The van der Waals surface area contributed by atoms with Crippen LogP contribution in [0.4, 0.5) is 16.2 Å². The molecule has 55 heavy (non-hydrogen) atoms. The Kier molecular flexibility index (Phi) is 9.57. The number of nitrogens with zero attached hydrogens (tertiary/aromatic N) is 4. The number of ether oxygens (including phenoxy) is 6. The Morgan fingerprint density at radius 2 is 1.45 bits per heavy atom. The van der Waals surface area contributed by atoms with E-state index in [9.17, 15) is 14.4 Å². The fourth-order valence-electron chi connectivity index (χ4n) is 6.96. The lowest BCUT2D eigenvalue weighted by Crippen LogP contribution is -2.32. The maximum absolute atomic E-state index is 13.8. The highest BCUT2D eigenvalue weighted by molar-refractivity contribution is 6.06. The quantitative estimate of drug-likeness (QED) is 0.213. The number of carbonyl (C=O) groups is 3. The van der Waals surface area contributed by atoms with Gasteiger partial charge in [-0.15, -0.1) is 0 Å². The number of nitrogens with one attached hydrogen (secondary N) is 1. The first kappa shape index (κ1) is 35.3. The van der Waals surface area contributed by atoms with Gasteiger partial charge >= 0.3 is 6.09 Å². The van der Waals surface area contributed by atoms with Gasteiger partial charge in [0.1, 0.15) is 0 Å². The van der Waals surface area contributed by atoms with Gasteiger partial charge in [-0.05, 0) is 47.4 Å². The van der Waals surface area contributed by atoms with Gasteiger partial charge < -0.3 is 48.6 Å². The van der Waals surface area contributed by atoms with Gasteiger partial charge in [-0.1, -0.05) is 18.2 Å². The molecule has 0 spiro atoms. The summed E-state index contributed by atoms with van der Waals surface area (Å²) in [5.41, 5.74) is 4.57. The molecule has 0 fully saturated rings. The number of aliphatic imine (C=N–C) groups is 2. The molecule has 0 saturated carbocycles. The minimum absolute atomic E-state index is 0.165. The molecular weight excluding hydrogens is 710 g/mol. The summed E-state index contributed by atoms with van der Waals surface area (Å²) in [7, 11) is 3.03. The average molecular weight is 748 g/mol. The molecule has 15 nitrogen and oxygen atoms in total. The molecule has 0 saturated heterocycles. The normalized spacial score (nSPS) is 18.9. The van der Waals surface area contributed by atoms with Gasteiger partial charge in [0, 0.05) is 56.3 Å². The van der Waals surface area contributed by atoms with Crippen LogP contribution in [0.15, 0.2) is 82.6 Å². The van der Waals surface area contributed by atoms with E-state index >= 15 is 0 Å². The molecule has 3 aromatic carbocycles. The Balaban J connectivity index is 0.893. The van der Waals surface area contributed by atoms with Crippen LogP contribution in [0.2, 0.25) is 0 Å². The van der Waals surface area contributed by atoms with Crippen molar-refractivity contribution in [2.24, 2.45) is 9.98 Å². The molecule has 0 unspecified atom stereocenters. The zero-order valence-electron chi connectivity index (χ0n) is 30.0. The maximum Gasteiger partial charge on any atom is 0.404 e. The van der Waals surface area contributed by atoms with Crippen molar-refractivity contribution >= 4 is 47.3 Å². The number of hydrogen-bond acceptors (Lipinski definition) is 11. The second kappa shape index (κ2) is 14.9. The molecule has 3 amide bonds. The molecule has 0 aromatic heterocycles. The number of benzene rings is 3. The van der Waals surface area contributed by atoms with Gasteiger partial charge in [0.15, 0.2) is 34.5 Å². The maximum atomic E-state index is 13.8. The summed E-state index contributed by atoms with van der Waals surface area (Å²) in [4.78, 5) is 50.6. The standard InChI is InChI=1S/C40H37N5O10/c1-50-33-14-28-30(42-18-26-11-23(20-44(26)38(28)46)5-3-8-41-40(48)49)16-36(33)52-9-4-10-53-37-17-31-29(15-34(37)51-2)39(47)45-21-25(12-27(45)19-43-31)24-6-7-32-35(13-24)55-22-54-32/h3,5-7,13-21,26-27,41H,4,8-12,22H2,1-2H3,(H,48,49)/t26-,27-/m0/s1. The molecule has 5 heterocycles. The van der Waals surface area contributed by atoms with Gasteiger partial charge in [-0.3, -0.25) is 19.6 Å². The van der Waals surface area contributed by atoms with Crippen LogP contribution >= 0.6 is 0 Å². The van der Waals surface area contributed by atoms with Gasteiger partial charge in [0.2, 0.25) is 6.79 Å². The molecule has 2 N–H and O–H groups in total. The molecular formula is C40H37N5O10. The number of carboxylic acid groups (broad SMARTS) is 1. The van der Waals surface area contributed by atoms with Crippen LogP contribution in [0.1, 0.15) is 45.5 Å². The minimum atomic E-state index is -1.10. The lowest BCUT2D eigenvalue weighted by atomic mass is 10.0. The number of fused-ring (bicyclic) bond motifs is 5. The predicted molar refractivity (Wildman–Crippen MR) is 201 cm³/mol. The highest BCUT2D eigenvalue weighted by atomic mass is 16.7. The van der Waals surface area contributed by atoms with Gasteiger partial charge in [-0.25, -0.2) is 4.79 Å². The van der Waals surface area contributed by atoms with E-state index in [1.165, 1.54) is 14.2 Å². The van der Waals surface area contributed by atoms with Crippen LogP contribution in [-0.4, -0.2) is 98.1 Å². The van der Waals surface area contributed by atoms with E-state index in [0.717, 1.165) is 16.7 Å². The molecule has 2 atom stereocenters. The van der Waals surface area contributed by atoms with Crippen molar-refractivity contribution in [1.82, 2.24) is 15.1 Å². The zero-order valence-corrected chi connectivity index (χ0v) is 30.0. The second-order valence-electron chi connectivity index (χ2n) is 13.1. The molecule has 8 rings (SSSR count). The number of rotatable bonds is 12. The minimum Gasteiger partial charge on any atom is -0.493 e. The van der Waals surface area contributed by atoms with Crippen molar-refractivity contribution in [3.8, 4) is 34.5 Å². The summed E-state index contributed by atoms with van der Waals surface area (Å²) in [5, 5.41) is 11.0. The first-order chi connectivity index (χ1) is 26.8. The lowest BCUT2D eigenvalue weighted by Gasteiger charge is -2.19. The Morgan fingerprint density at radius 3 is 2.09 bits per heavy atom. The monoisotopic (exact) mass is 747 g/mol. The average Bonchev–Trinajstić information content (AvgIpc) is 3.92. The van der Waals surface area contributed by atoms with E-state index in [2.05, 4.69) is 10.3 Å². The number of carbonyl (C=O) groups excluding carboxylic acids is 2. The van der Waals surface area contributed by atoms with Crippen LogP contribution in [0.25, 0.3) is 5.57 Å². The van der Waals surface area contributed by atoms with Crippen LogP contribution < -0.4 is 33.7 Å². The molecule has 3 aromatic rings. The summed E-state index contributed by atoms with van der Waals surface area (Å²) >= 11 is 0. The molecule has 0 aliphatic carbocycles. The largest absolute Gasteiger partial charge is 0.493 e. The SMILES string of the molecule is COc1cc2c(cc1OCCCOc1cc3c(cc1OC)C(=O)N1C=C(c4ccc5c(c4)OCO5)C[C@H]1C=N3)N=C[C@@H]1CC(C=CCNC(=O)O)=CN1C2=O. The highest BCUT2D eigenvalue weighted by Gasteiger charge is 2.35. The van der Waals surface area contributed by atoms with E-state index in [1.807, 2.05) is 24.4 Å². The third-order valence-corrected chi connectivity index (χ3v) is 9.70. The molecule has 15 heteroatoms. The summed E-state index contributed by atoms with van der Waals surface area (Å²) < 4.78 is 34.4. The Labute approximate surface area is 315 Å². The molecule has 5 aliphatic rings. The first-order valence-electron chi connectivity index (χ1n) is 17.7. The third-order valence-electron chi connectivity index (χ3n) is 9.70. The van der Waals surface area contributed by atoms with E-state index < -0.39 is 6.09 Å². The summed E-state index contributed by atoms with van der Waals surface area (Å²) in [6, 6.07) is 11.9. The Bertz CT molecular complexity index is 2230. The fraction of sp³-hybridized carbons (Fsp3) is 0.275. The Morgan fingerprint density at radius 1 is 0.836 bits per heavy atom. The highest BCUT2D eigenvalue weighted by Crippen LogP contribution is 2.42. The van der Waals surface area contributed by atoms with E-state index in [-0.39, 0.29) is 50.4 Å². The molecule has 282 valence electrons. The molecule has 0 bridgehead atoms.